The third-order valence-electron chi connectivity index (χ3n) is 2.09. The van der Waals surface area contributed by atoms with E-state index >= 15 is 0 Å². The Hall–Kier alpha value is -1.69. The molecule has 0 spiro atoms. The summed E-state index contributed by atoms with van der Waals surface area (Å²) in [6.45, 7) is 5.73. The summed E-state index contributed by atoms with van der Waals surface area (Å²) in [5.74, 6) is -0.0679. The lowest BCUT2D eigenvalue weighted by Crippen LogP contribution is -2.19. The quantitative estimate of drug-likeness (QED) is 0.684. The Morgan fingerprint density at radius 2 is 2.44 bits per heavy atom. The maximum absolute atomic E-state index is 10.4. The largest absolute Gasteiger partial charge is 0.478 e. The van der Waals surface area contributed by atoms with Gasteiger partial charge in [-0.25, -0.2) is 4.79 Å². The number of carboxylic acid groups (broad SMARTS) is 1. The molecule has 1 aromatic rings. The highest BCUT2D eigenvalue weighted by atomic mass is 16.4. The van der Waals surface area contributed by atoms with E-state index in [0.29, 0.717) is 13.1 Å². The van der Waals surface area contributed by atoms with Gasteiger partial charge in [-0.05, 0) is 13.8 Å². The second-order valence-electron chi connectivity index (χ2n) is 3.47. The van der Waals surface area contributed by atoms with Crippen molar-refractivity contribution in [2.24, 2.45) is 0 Å². The number of carboxylic acids is 1. The normalized spacial score (nSPS) is 11.8. The van der Waals surface area contributed by atoms with Crippen LogP contribution in [0.2, 0.25) is 0 Å². The zero-order valence-electron chi connectivity index (χ0n) is 9.47. The van der Waals surface area contributed by atoms with Gasteiger partial charge < -0.3 is 15.0 Å². The molecule has 6 heteroatoms. The van der Waals surface area contributed by atoms with Gasteiger partial charge in [-0.15, -0.1) is 10.2 Å². The molecular weight excluding hydrogens is 208 g/mol. The van der Waals surface area contributed by atoms with Crippen LogP contribution in [0.5, 0.6) is 0 Å². The molecule has 0 saturated heterocycles. The van der Waals surface area contributed by atoms with E-state index in [0.717, 1.165) is 17.9 Å². The average molecular weight is 224 g/mol. The zero-order chi connectivity index (χ0) is 12.0. The molecule has 0 radical (unpaired) electrons. The van der Waals surface area contributed by atoms with Crippen molar-refractivity contribution >= 4 is 5.97 Å². The Balaban J connectivity index is 2.39. The minimum atomic E-state index is -0.920. The van der Waals surface area contributed by atoms with Crippen molar-refractivity contribution in [2.75, 3.05) is 6.54 Å². The van der Waals surface area contributed by atoms with Crippen molar-refractivity contribution in [2.45, 2.75) is 26.9 Å². The van der Waals surface area contributed by atoms with Crippen molar-refractivity contribution in [3.05, 3.63) is 23.8 Å². The lowest BCUT2D eigenvalue weighted by atomic mass is 10.3. The van der Waals surface area contributed by atoms with E-state index in [1.54, 1.807) is 13.3 Å². The van der Waals surface area contributed by atoms with Crippen LogP contribution in [-0.4, -0.2) is 32.4 Å². The number of nitrogens with zero attached hydrogens (tertiary/aromatic N) is 3. The van der Waals surface area contributed by atoms with Gasteiger partial charge in [0.1, 0.15) is 12.2 Å². The van der Waals surface area contributed by atoms with E-state index in [2.05, 4.69) is 15.5 Å². The molecule has 1 rings (SSSR count). The van der Waals surface area contributed by atoms with Gasteiger partial charge >= 0.3 is 5.97 Å². The standard InChI is InChI=1S/C10H16N4O2/c1-3-14-7-12-13-9(14)6-11-5-8(2)4-10(15)16/h4,7,11H,3,5-6H2,1-2H3,(H,15,16). The van der Waals surface area contributed by atoms with Crippen LogP contribution >= 0.6 is 0 Å². The van der Waals surface area contributed by atoms with Crippen LogP contribution in [0.25, 0.3) is 0 Å². The van der Waals surface area contributed by atoms with E-state index < -0.39 is 5.97 Å². The van der Waals surface area contributed by atoms with Crippen LogP contribution < -0.4 is 5.32 Å². The summed E-state index contributed by atoms with van der Waals surface area (Å²) >= 11 is 0. The summed E-state index contributed by atoms with van der Waals surface area (Å²) in [4.78, 5) is 10.4. The second kappa shape index (κ2) is 6.02. The third kappa shape index (κ3) is 3.82. The van der Waals surface area contributed by atoms with Crippen molar-refractivity contribution in [3.8, 4) is 0 Å². The van der Waals surface area contributed by atoms with Crippen LogP contribution in [0.15, 0.2) is 18.0 Å². The molecule has 0 bridgehead atoms. The van der Waals surface area contributed by atoms with Crippen LogP contribution in [0, 0.1) is 0 Å². The first-order valence-electron chi connectivity index (χ1n) is 5.11. The van der Waals surface area contributed by atoms with Gasteiger partial charge in [0.15, 0.2) is 0 Å². The molecule has 2 N–H and O–H groups in total. The fourth-order valence-corrected chi connectivity index (χ4v) is 1.31. The van der Waals surface area contributed by atoms with E-state index in [9.17, 15) is 4.79 Å². The minimum absolute atomic E-state index is 0.531. The Labute approximate surface area is 94.0 Å². The monoisotopic (exact) mass is 224 g/mol. The first kappa shape index (κ1) is 12.4. The number of carbonyl (C=O) groups is 1. The van der Waals surface area contributed by atoms with Gasteiger partial charge in [0, 0.05) is 19.2 Å². The Morgan fingerprint density at radius 1 is 1.69 bits per heavy atom. The van der Waals surface area contributed by atoms with Crippen LogP contribution in [0.3, 0.4) is 0 Å². The zero-order valence-corrected chi connectivity index (χ0v) is 9.47. The number of aryl methyl sites for hydroxylation is 1. The number of hydrogen-bond donors (Lipinski definition) is 2. The molecule has 16 heavy (non-hydrogen) atoms. The lowest BCUT2D eigenvalue weighted by molar-refractivity contribution is -0.131. The molecule has 0 amide bonds. The number of aliphatic carboxylic acids is 1. The highest BCUT2D eigenvalue weighted by Crippen LogP contribution is 1.95. The van der Waals surface area contributed by atoms with Crippen molar-refractivity contribution < 1.29 is 9.90 Å². The van der Waals surface area contributed by atoms with Crippen LogP contribution in [-0.2, 0) is 17.9 Å². The molecule has 0 aromatic carbocycles. The third-order valence-corrected chi connectivity index (χ3v) is 2.09. The fraction of sp³-hybridized carbons (Fsp3) is 0.500. The fourth-order valence-electron chi connectivity index (χ4n) is 1.31. The summed E-state index contributed by atoms with van der Waals surface area (Å²) in [5, 5.41) is 19.4. The predicted octanol–water partition coefficient (Wildman–Crippen LogP) is 0.418. The van der Waals surface area contributed by atoms with Gasteiger partial charge in [0.05, 0.1) is 6.54 Å². The van der Waals surface area contributed by atoms with E-state index in [1.807, 2.05) is 11.5 Å². The lowest BCUT2D eigenvalue weighted by Gasteiger charge is -2.05. The molecule has 0 aliphatic rings. The molecule has 0 aliphatic heterocycles. The molecule has 0 unspecified atom stereocenters. The number of rotatable bonds is 6. The van der Waals surface area contributed by atoms with E-state index in [4.69, 9.17) is 5.11 Å². The van der Waals surface area contributed by atoms with E-state index in [1.165, 1.54) is 6.08 Å². The molecular formula is C10H16N4O2. The molecule has 6 nitrogen and oxygen atoms in total. The molecule has 0 fully saturated rings. The molecule has 0 saturated carbocycles. The van der Waals surface area contributed by atoms with Crippen molar-refractivity contribution in [1.82, 2.24) is 20.1 Å². The van der Waals surface area contributed by atoms with Gasteiger partial charge in [0.2, 0.25) is 0 Å². The van der Waals surface area contributed by atoms with Crippen molar-refractivity contribution in [1.29, 1.82) is 0 Å². The molecule has 1 aromatic heterocycles. The summed E-state index contributed by atoms with van der Waals surface area (Å²) in [6.07, 6.45) is 2.87. The highest BCUT2D eigenvalue weighted by molar-refractivity contribution is 5.80. The maximum Gasteiger partial charge on any atom is 0.328 e. The molecule has 0 atom stereocenters. The van der Waals surface area contributed by atoms with Crippen LogP contribution in [0.4, 0.5) is 0 Å². The second-order valence-corrected chi connectivity index (χ2v) is 3.47. The van der Waals surface area contributed by atoms with E-state index in [-0.39, 0.29) is 0 Å². The maximum atomic E-state index is 10.4. The van der Waals surface area contributed by atoms with Crippen molar-refractivity contribution in [3.63, 3.8) is 0 Å². The average Bonchev–Trinajstić information content (AvgIpc) is 2.64. The smallest absolute Gasteiger partial charge is 0.328 e. The Bertz CT molecular complexity index is 384. The SMILES string of the molecule is CCn1cnnc1CNCC(C)=CC(=O)O. The first-order valence-corrected chi connectivity index (χ1v) is 5.11. The number of nitrogens with one attached hydrogen (secondary N) is 1. The summed E-state index contributed by atoms with van der Waals surface area (Å²) in [5.41, 5.74) is 0.773. The molecule has 88 valence electrons. The highest BCUT2D eigenvalue weighted by Gasteiger charge is 2.01. The number of aromatic nitrogens is 3. The summed E-state index contributed by atoms with van der Waals surface area (Å²) in [6, 6.07) is 0. The number of hydrogen-bond acceptors (Lipinski definition) is 4. The van der Waals surface area contributed by atoms with Gasteiger partial charge in [-0.2, -0.15) is 0 Å². The topological polar surface area (TPSA) is 80.0 Å². The van der Waals surface area contributed by atoms with Crippen LogP contribution in [0.1, 0.15) is 19.7 Å². The van der Waals surface area contributed by atoms with Gasteiger partial charge in [-0.3, -0.25) is 0 Å². The Morgan fingerprint density at radius 3 is 3.06 bits per heavy atom. The Kier molecular flexibility index (Phi) is 4.65. The van der Waals surface area contributed by atoms with Gasteiger partial charge in [0.25, 0.3) is 0 Å². The minimum Gasteiger partial charge on any atom is -0.478 e. The summed E-state index contributed by atoms with van der Waals surface area (Å²) < 4.78 is 1.93. The predicted molar refractivity (Wildman–Crippen MR) is 58.8 cm³/mol. The van der Waals surface area contributed by atoms with Gasteiger partial charge in [-0.1, -0.05) is 5.57 Å². The molecule has 1 heterocycles. The first-order chi connectivity index (χ1) is 7.63. The summed E-state index contributed by atoms with van der Waals surface area (Å²) in [7, 11) is 0. The molecule has 0 aliphatic carbocycles.